The summed E-state index contributed by atoms with van der Waals surface area (Å²) in [5.74, 6) is 9.51. The standard InChI is InChI=1S/C42H67N3S2/c43-32-19-17-27(18-20-32)26-13-15-28(16-14-26)33-21-22-34(36-8-2-1-7-35(33)36)29-23-30(41-44-37-9-3-5-11-39(37)46-41)25-31(24-29)42-45-38-10-4-6-12-40(38)47-42/h26-40H,1-25,43H2. The number of rotatable bonds is 5. The maximum absolute atomic E-state index is 6.29. The van der Waals surface area contributed by atoms with Gasteiger partial charge in [-0.1, -0.05) is 38.5 Å². The van der Waals surface area contributed by atoms with Crippen LogP contribution in [0.1, 0.15) is 161 Å². The number of nitrogens with zero attached hydrogens (tertiary/aromatic N) is 2. The first kappa shape index (κ1) is 32.9. The lowest BCUT2D eigenvalue weighted by Crippen LogP contribution is -2.45. The van der Waals surface area contributed by atoms with Crippen molar-refractivity contribution >= 4 is 33.6 Å². The van der Waals surface area contributed by atoms with Crippen molar-refractivity contribution in [1.29, 1.82) is 0 Å². The minimum atomic E-state index is 0.499. The third kappa shape index (κ3) is 6.85. The van der Waals surface area contributed by atoms with Crippen molar-refractivity contribution in [2.75, 3.05) is 0 Å². The molecule has 0 saturated heterocycles. The molecule has 0 aromatic heterocycles. The van der Waals surface area contributed by atoms with Gasteiger partial charge in [-0.3, -0.25) is 9.98 Å². The van der Waals surface area contributed by atoms with E-state index in [4.69, 9.17) is 15.7 Å². The third-order valence-corrected chi connectivity index (χ3v) is 19.3. The summed E-state index contributed by atoms with van der Waals surface area (Å²) < 4.78 is 0. The minimum Gasteiger partial charge on any atom is -0.328 e. The number of thioether (sulfide) groups is 2. The zero-order valence-electron chi connectivity index (χ0n) is 29.6. The molecule has 7 aliphatic carbocycles. The molecule has 3 nitrogen and oxygen atoms in total. The second-order valence-corrected chi connectivity index (χ2v) is 21.2. The van der Waals surface area contributed by atoms with Crippen LogP contribution in [0.15, 0.2) is 9.98 Å². The zero-order valence-corrected chi connectivity index (χ0v) is 31.3. The van der Waals surface area contributed by atoms with Crippen LogP contribution in [-0.4, -0.2) is 38.7 Å². The van der Waals surface area contributed by atoms with Crippen molar-refractivity contribution in [2.45, 2.75) is 189 Å². The molecule has 0 radical (unpaired) electrons. The molecule has 7 fully saturated rings. The molecule has 2 N–H and O–H groups in total. The summed E-state index contributed by atoms with van der Waals surface area (Å²) in [6.45, 7) is 0. The SMILES string of the molecule is NC1CCC(C2CCC(C3CCC(C4CC(C5=NC6CCCCC6S5)CC(C5=NC6CCCCC6S5)C4)C4CCCCC34)CC2)CC1. The van der Waals surface area contributed by atoms with Crippen LogP contribution in [0.2, 0.25) is 0 Å². The smallest absolute Gasteiger partial charge is 0.0714 e. The molecule has 2 aliphatic heterocycles. The third-order valence-electron chi connectivity index (χ3n) is 16.2. The van der Waals surface area contributed by atoms with Crippen molar-refractivity contribution in [3.8, 4) is 0 Å². The summed E-state index contributed by atoms with van der Waals surface area (Å²) >= 11 is 4.53. The lowest BCUT2D eigenvalue weighted by molar-refractivity contribution is -0.0266. The number of hydrogen-bond acceptors (Lipinski definition) is 5. The second-order valence-electron chi connectivity index (χ2n) is 18.7. The van der Waals surface area contributed by atoms with Crippen molar-refractivity contribution in [2.24, 2.45) is 74.9 Å². The fourth-order valence-electron chi connectivity index (χ4n) is 13.8. The molecule has 0 spiro atoms. The van der Waals surface area contributed by atoms with Gasteiger partial charge in [0.15, 0.2) is 0 Å². The number of hydrogen-bond donors (Lipinski definition) is 1. The Morgan fingerprint density at radius 2 is 0.851 bits per heavy atom. The number of nitrogens with two attached hydrogens (primary N) is 1. The summed E-state index contributed by atoms with van der Waals surface area (Å²) in [5, 5.41) is 4.84. The van der Waals surface area contributed by atoms with E-state index >= 15 is 0 Å². The maximum Gasteiger partial charge on any atom is 0.0714 e. The molecule has 47 heavy (non-hydrogen) atoms. The van der Waals surface area contributed by atoms with Crippen LogP contribution < -0.4 is 5.73 Å². The predicted octanol–water partition coefficient (Wildman–Crippen LogP) is 11.1. The van der Waals surface area contributed by atoms with Gasteiger partial charge in [-0.2, -0.15) is 0 Å². The molecule has 0 bridgehead atoms. The Balaban J connectivity index is 0.907. The topological polar surface area (TPSA) is 50.7 Å². The summed E-state index contributed by atoms with van der Waals surface area (Å²) in [7, 11) is 0. The average molecular weight is 678 g/mol. The molecule has 10 atom stereocenters. The van der Waals surface area contributed by atoms with E-state index < -0.39 is 0 Å². The second kappa shape index (κ2) is 14.6. The predicted molar refractivity (Wildman–Crippen MR) is 204 cm³/mol. The van der Waals surface area contributed by atoms with Gasteiger partial charge < -0.3 is 5.73 Å². The quantitative estimate of drug-likeness (QED) is 0.315. The van der Waals surface area contributed by atoms with E-state index in [0.29, 0.717) is 18.1 Å². The minimum absolute atomic E-state index is 0.499. The van der Waals surface area contributed by atoms with Crippen molar-refractivity contribution < 1.29 is 0 Å². The van der Waals surface area contributed by atoms with E-state index in [2.05, 4.69) is 23.5 Å². The van der Waals surface area contributed by atoms with Gasteiger partial charge in [0.1, 0.15) is 0 Å². The molecule has 9 aliphatic rings. The van der Waals surface area contributed by atoms with Crippen LogP contribution in [0.4, 0.5) is 0 Å². The Kier molecular flexibility index (Phi) is 10.2. The van der Waals surface area contributed by atoms with Gasteiger partial charge in [0, 0.05) is 28.4 Å². The Morgan fingerprint density at radius 1 is 0.404 bits per heavy atom. The average Bonchev–Trinajstić information content (AvgIpc) is 3.77. The maximum atomic E-state index is 6.29. The summed E-state index contributed by atoms with van der Waals surface area (Å²) in [4.78, 5) is 11.1. The normalized spacial score (nSPS) is 50.5. The fraction of sp³-hybridized carbons (Fsp3) is 0.952. The molecule has 7 saturated carbocycles. The number of aliphatic imine (C=N–C) groups is 2. The fourth-order valence-corrected chi connectivity index (χ4v) is 16.9. The highest BCUT2D eigenvalue weighted by Gasteiger charge is 2.50. The highest BCUT2D eigenvalue weighted by molar-refractivity contribution is 8.15. The first-order chi connectivity index (χ1) is 23.2. The molecule has 9 rings (SSSR count). The van der Waals surface area contributed by atoms with Crippen LogP contribution >= 0.6 is 23.5 Å². The van der Waals surface area contributed by atoms with E-state index in [1.165, 1.54) is 122 Å². The Hall–Kier alpha value is -0.0000000000000000555. The Labute approximate surface area is 296 Å². The largest absolute Gasteiger partial charge is 0.328 e. The monoisotopic (exact) mass is 677 g/mol. The van der Waals surface area contributed by atoms with Crippen LogP contribution in [0.5, 0.6) is 0 Å². The molecular formula is C42H67N3S2. The van der Waals surface area contributed by atoms with E-state index in [0.717, 1.165) is 69.7 Å². The van der Waals surface area contributed by atoms with E-state index in [1.807, 2.05) is 0 Å². The molecule has 10 unspecified atom stereocenters. The molecule has 0 aromatic rings. The highest BCUT2D eigenvalue weighted by Crippen LogP contribution is 2.58. The van der Waals surface area contributed by atoms with Gasteiger partial charge in [-0.25, -0.2) is 0 Å². The molecule has 0 amide bonds. The van der Waals surface area contributed by atoms with E-state index in [9.17, 15) is 0 Å². The van der Waals surface area contributed by atoms with Gasteiger partial charge in [0.25, 0.3) is 0 Å². The molecular weight excluding hydrogens is 611 g/mol. The van der Waals surface area contributed by atoms with Crippen LogP contribution in [0, 0.1) is 59.2 Å². The van der Waals surface area contributed by atoms with Gasteiger partial charge >= 0.3 is 0 Å². The first-order valence-corrected chi connectivity index (χ1v) is 23.2. The molecule has 5 heteroatoms. The summed E-state index contributed by atoms with van der Waals surface area (Å²) in [6.07, 6.45) is 36.4. The van der Waals surface area contributed by atoms with Gasteiger partial charge in [0.2, 0.25) is 0 Å². The lowest BCUT2D eigenvalue weighted by Gasteiger charge is -2.53. The molecule has 0 aromatic carbocycles. The van der Waals surface area contributed by atoms with Crippen LogP contribution in [0.25, 0.3) is 0 Å². The Morgan fingerprint density at radius 3 is 1.38 bits per heavy atom. The van der Waals surface area contributed by atoms with Gasteiger partial charge in [-0.15, -0.1) is 23.5 Å². The van der Waals surface area contributed by atoms with Crippen molar-refractivity contribution in [3.63, 3.8) is 0 Å². The Bertz CT molecular complexity index is 1090. The lowest BCUT2D eigenvalue weighted by atomic mass is 9.52. The summed E-state index contributed by atoms with van der Waals surface area (Å²) in [6, 6.07) is 1.79. The highest BCUT2D eigenvalue weighted by atomic mass is 32.2. The summed E-state index contributed by atoms with van der Waals surface area (Å²) in [5.41, 5.74) is 6.29. The van der Waals surface area contributed by atoms with Gasteiger partial charge in [-0.05, 0) is 169 Å². The van der Waals surface area contributed by atoms with Crippen molar-refractivity contribution in [3.05, 3.63) is 0 Å². The molecule has 2 heterocycles. The first-order valence-electron chi connectivity index (χ1n) is 21.4. The number of fused-ring (bicyclic) bond motifs is 3. The zero-order chi connectivity index (χ0) is 31.3. The molecule has 262 valence electrons. The van der Waals surface area contributed by atoms with Crippen LogP contribution in [0.3, 0.4) is 0 Å². The van der Waals surface area contributed by atoms with Gasteiger partial charge in [0.05, 0.1) is 22.2 Å². The van der Waals surface area contributed by atoms with E-state index in [-0.39, 0.29) is 0 Å². The van der Waals surface area contributed by atoms with Crippen molar-refractivity contribution in [1.82, 2.24) is 0 Å². The van der Waals surface area contributed by atoms with E-state index in [1.54, 1.807) is 48.6 Å². The van der Waals surface area contributed by atoms with Crippen LogP contribution in [-0.2, 0) is 0 Å².